The van der Waals surface area contributed by atoms with Crippen LogP contribution in [0.1, 0.15) is 56.3 Å². The van der Waals surface area contributed by atoms with E-state index in [1.165, 1.54) is 4.90 Å². The van der Waals surface area contributed by atoms with Crippen LogP contribution in [0.5, 0.6) is 0 Å². The van der Waals surface area contributed by atoms with Crippen molar-refractivity contribution in [3.05, 3.63) is 29.8 Å². The number of anilines is 1. The lowest BCUT2D eigenvalue weighted by atomic mass is 9.81. The van der Waals surface area contributed by atoms with Gasteiger partial charge >= 0.3 is 5.97 Å². The van der Waals surface area contributed by atoms with Crippen LogP contribution in [0.15, 0.2) is 24.3 Å². The summed E-state index contributed by atoms with van der Waals surface area (Å²) in [5, 5.41) is 9.57. The quantitative estimate of drug-likeness (QED) is 0.687. The van der Waals surface area contributed by atoms with E-state index < -0.39 is 11.5 Å². The van der Waals surface area contributed by atoms with E-state index in [2.05, 4.69) is 24.8 Å². The molecule has 0 spiro atoms. The summed E-state index contributed by atoms with van der Waals surface area (Å²) < 4.78 is 5.19. The van der Waals surface area contributed by atoms with Gasteiger partial charge in [0.25, 0.3) is 5.91 Å². The van der Waals surface area contributed by atoms with Gasteiger partial charge in [-0.3, -0.25) is 4.79 Å². The average Bonchev–Trinajstić information content (AvgIpc) is 2.73. The Kier molecular flexibility index (Phi) is 7.23. The highest BCUT2D eigenvalue weighted by molar-refractivity contribution is 5.91. The lowest BCUT2D eigenvalue weighted by Crippen LogP contribution is -2.51. The van der Waals surface area contributed by atoms with Crippen LogP contribution in [0.2, 0.25) is 0 Å². The molecule has 6 nitrogen and oxygen atoms in total. The molecule has 1 fully saturated rings. The highest BCUT2D eigenvalue weighted by atomic mass is 16.5. The van der Waals surface area contributed by atoms with Gasteiger partial charge in [-0.1, -0.05) is 19.3 Å². The van der Waals surface area contributed by atoms with E-state index in [0.29, 0.717) is 18.4 Å². The number of esters is 1. The Hall–Kier alpha value is -2.55. The largest absolute Gasteiger partial charge is 0.452 e. The summed E-state index contributed by atoms with van der Waals surface area (Å²) in [5.41, 5.74) is 0.683. The lowest BCUT2D eigenvalue weighted by molar-refractivity contribution is -0.138. The molecule has 0 aromatic heterocycles. The van der Waals surface area contributed by atoms with Gasteiger partial charge in [0.05, 0.1) is 11.6 Å². The maximum atomic E-state index is 12.5. The van der Waals surface area contributed by atoms with Crippen molar-refractivity contribution in [3.8, 4) is 6.07 Å². The number of amides is 1. The number of carbonyl (C=O) groups excluding carboxylic acids is 2. The lowest BCUT2D eigenvalue weighted by Gasteiger charge is -2.38. The molecule has 0 heterocycles. The van der Waals surface area contributed by atoms with E-state index in [4.69, 9.17) is 4.74 Å². The number of benzene rings is 1. The average molecular weight is 371 g/mol. The molecule has 6 heteroatoms. The van der Waals surface area contributed by atoms with Crippen LogP contribution in [0.25, 0.3) is 0 Å². The third kappa shape index (κ3) is 4.79. The van der Waals surface area contributed by atoms with E-state index >= 15 is 0 Å². The Morgan fingerprint density at radius 1 is 1.11 bits per heavy atom. The van der Waals surface area contributed by atoms with Gasteiger partial charge in [0.1, 0.15) is 5.54 Å². The normalized spacial score (nSPS) is 15.5. The minimum atomic E-state index is -0.771. The standard InChI is InChI=1S/C21H29N3O3/c1-4-24(5-2)18-11-9-17(10-12-18)20(26)27-15-19(25)23(3)21(16-22)13-7-6-8-14-21/h9-12H,4-8,13-15H2,1-3H3. The fraction of sp³-hybridized carbons (Fsp3) is 0.571. The van der Waals surface area contributed by atoms with Gasteiger partial charge < -0.3 is 14.5 Å². The number of nitrogens with zero attached hydrogens (tertiary/aromatic N) is 3. The molecule has 1 saturated carbocycles. The number of nitriles is 1. The van der Waals surface area contributed by atoms with Gasteiger partial charge in [-0.2, -0.15) is 5.26 Å². The molecule has 27 heavy (non-hydrogen) atoms. The van der Waals surface area contributed by atoms with Gasteiger partial charge in [-0.25, -0.2) is 4.79 Å². The molecule has 0 unspecified atom stereocenters. The van der Waals surface area contributed by atoms with Gasteiger partial charge in [0.15, 0.2) is 6.61 Å². The van der Waals surface area contributed by atoms with E-state index in [1.807, 2.05) is 12.1 Å². The van der Waals surface area contributed by atoms with Crippen LogP contribution in [-0.2, 0) is 9.53 Å². The number of likely N-dealkylation sites (N-methyl/N-ethyl adjacent to an activating group) is 1. The Morgan fingerprint density at radius 3 is 2.22 bits per heavy atom. The van der Waals surface area contributed by atoms with E-state index in [9.17, 15) is 14.9 Å². The minimum Gasteiger partial charge on any atom is -0.452 e. The second-order valence-corrected chi connectivity index (χ2v) is 6.95. The first-order valence-electron chi connectivity index (χ1n) is 9.67. The van der Waals surface area contributed by atoms with Crippen LogP contribution in [0.4, 0.5) is 5.69 Å². The Morgan fingerprint density at radius 2 is 1.70 bits per heavy atom. The third-order valence-corrected chi connectivity index (χ3v) is 5.46. The van der Waals surface area contributed by atoms with Crippen LogP contribution in [0, 0.1) is 11.3 Å². The van der Waals surface area contributed by atoms with Crippen LogP contribution < -0.4 is 4.90 Å². The molecule has 2 rings (SSSR count). The van der Waals surface area contributed by atoms with Gasteiger partial charge in [0.2, 0.25) is 0 Å². The summed E-state index contributed by atoms with van der Waals surface area (Å²) in [6.45, 7) is 5.59. The van der Waals surface area contributed by atoms with Crippen molar-refractivity contribution in [2.24, 2.45) is 0 Å². The first-order chi connectivity index (χ1) is 13.0. The predicted octanol–water partition coefficient (Wildman–Crippen LogP) is 3.37. The zero-order valence-electron chi connectivity index (χ0n) is 16.5. The van der Waals surface area contributed by atoms with Gasteiger partial charge in [0, 0.05) is 25.8 Å². The Labute approximate surface area is 161 Å². The van der Waals surface area contributed by atoms with Crippen molar-refractivity contribution >= 4 is 17.6 Å². The maximum absolute atomic E-state index is 12.5. The number of rotatable bonds is 7. The first-order valence-corrected chi connectivity index (χ1v) is 9.67. The molecule has 1 aliphatic carbocycles. The van der Waals surface area contributed by atoms with E-state index in [1.54, 1.807) is 19.2 Å². The molecule has 1 aromatic rings. The number of carbonyl (C=O) groups is 2. The summed E-state index contributed by atoms with van der Waals surface area (Å²) >= 11 is 0. The minimum absolute atomic E-state index is 0.341. The van der Waals surface area contributed by atoms with E-state index in [0.717, 1.165) is 38.0 Å². The molecule has 1 aromatic carbocycles. The first kappa shape index (κ1) is 20.8. The molecule has 1 aliphatic rings. The van der Waals surface area contributed by atoms with Crippen molar-refractivity contribution in [2.45, 2.75) is 51.5 Å². The fourth-order valence-corrected chi connectivity index (χ4v) is 3.60. The van der Waals surface area contributed by atoms with E-state index in [-0.39, 0.29) is 12.5 Å². The Balaban J connectivity index is 1.94. The van der Waals surface area contributed by atoms with Crippen molar-refractivity contribution in [3.63, 3.8) is 0 Å². The molecule has 0 bridgehead atoms. The molecule has 0 N–H and O–H groups in total. The molecule has 0 atom stereocenters. The zero-order chi connectivity index (χ0) is 19.9. The molecule has 0 radical (unpaired) electrons. The summed E-state index contributed by atoms with van der Waals surface area (Å²) in [5.74, 6) is -0.871. The van der Waals surface area contributed by atoms with Crippen molar-refractivity contribution in [1.29, 1.82) is 5.26 Å². The molecule has 0 aliphatic heterocycles. The van der Waals surface area contributed by atoms with Gasteiger partial charge in [-0.15, -0.1) is 0 Å². The highest BCUT2D eigenvalue weighted by Gasteiger charge is 2.39. The predicted molar refractivity (Wildman–Crippen MR) is 104 cm³/mol. The second-order valence-electron chi connectivity index (χ2n) is 6.95. The molecule has 146 valence electrons. The van der Waals surface area contributed by atoms with Crippen LogP contribution in [-0.4, -0.2) is 49.1 Å². The molecule has 0 saturated heterocycles. The summed E-state index contributed by atoms with van der Waals surface area (Å²) in [7, 11) is 1.63. The van der Waals surface area contributed by atoms with Gasteiger partial charge in [-0.05, 0) is 51.0 Å². The summed E-state index contributed by atoms with van der Waals surface area (Å²) in [6, 6.07) is 9.48. The summed E-state index contributed by atoms with van der Waals surface area (Å²) in [6.07, 6.45) is 4.30. The fourth-order valence-electron chi connectivity index (χ4n) is 3.60. The number of hydrogen-bond donors (Lipinski definition) is 0. The SMILES string of the molecule is CCN(CC)c1ccc(C(=O)OCC(=O)N(C)C2(C#N)CCCCC2)cc1. The van der Waals surface area contributed by atoms with Crippen LogP contribution in [0.3, 0.4) is 0 Å². The topological polar surface area (TPSA) is 73.6 Å². The summed E-state index contributed by atoms with van der Waals surface area (Å²) in [4.78, 5) is 28.3. The van der Waals surface area contributed by atoms with Crippen molar-refractivity contribution in [1.82, 2.24) is 4.90 Å². The zero-order valence-corrected chi connectivity index (χ0v) is 16.5. The number of ether oxygens (including phenoxy) is 1. The monoisotopic (exact) mass is 371 g/mol. The molecule has 1 amide bonds. The molecular formula is C21H29N3O3. The smallest absolute Gasteiger partial charge is 0.338 e. The second kappa shape index (κ2) is 9.40. The highest BCUT2D eigenvalue weighted by Crippen LogP contribution is 2.32. The maximum Gasteiger partial charge on any atom is 0.338 e. The van der Waals surface area contributed by atoms with Crippen molar-refractivity contribution < 1.29 is 14.3 Å². The Bertz CT molecular complexity index is 684. The third-order valence-electron chi connectivity index (χ3n) is 5.46. The van der Waals surface area contributed by atoms with Crippen LogP contribution >= 0.6 is 0 Å². The van der Waals surface area contributed by atoms with Crippen molar-refractivity contribution in [2.75, 3.05) is 31.6 Å². The number of hydrogen-bond acceptors (Lipinski definition) is 5. The molecular weight excluding hydrogens is 342 g/mol.